The summed E-state index contributed by atoms with van der Waals surface area (Å²) in [4.78, 5) is 24.2. The van der Waals surface area contributed by atoms with Crippen LogP contribution in [0.3, 0.4) is 0 Å². The highest BCUT2D eigenvalue weighted by atomic mass is 16.3. The number of amides is 2. The van der Waals surface area contributed by atoms with Gasteiger partial charge in [-0.2, -0.15) is 0 Å². The van der Waals surface area contributed by atoms with Gasteiger partial charge in [-0.1, -0.05) is 6.07 Å². The molecule has 0 atom stereocenters. The number of aryl methyl sites for hydroxylation is 1. The Morgan fingerprint density at radius 2 is 1.92 bits per heavy atom. The van der Waals surface area contributed by atoms with Crippen molar-refractivity contribution in [3.05, 3.63) is 30.5 Å². The van der Waals surface area contributed by atoms with Crippen LogP contribution < -0.4 is 10.6 Å². The Bertz CT molecular complexity index is 745. The summed E-state index contributed by atoms with van der Waals surface area (Å²) in [6.07, 6.45) is 5.32. The van der Waals surface area contributed by atoms with E-state index in [2.05, 4.69) is 10.6 Å². The highest BCUT2D eigenvalue weighted by molar-refractivity contribution is 6.39. The number of aliphatic hydroxyl groups is 1. The smallest absolute Gasteiger partial charge is 0.313 e. The van der Waals surface area contributed by atoms with Crippen LogP contribution in [0.2, 0.25) is 0 Å². The molecule has 1 aliphatic carbocycles. The van der Waals surface area contributed by atoms with Gasteiger partial charge in [0, 0.05) is 37.1 Å². The monoisotopic (exact) mass is 329 g/mol. The van der Waals surface area contributed by atoms with Crippen LogP contribution in [0.15, 0.2) is 30.5 Å². The number of hydrogen-bond donors (Lipinski definition) is 3. The second-order valence-corrected chi connectivity index (χ2v) is 6.53. The first-order valence-electron chi connectivity index (χ1n) is 8.34. The molecule has 3 N–H and O–H groups in total. The molecule has 2 aromatic rings. The maximum atomic E-state index is 12.1. The first-order valence-corrected chi connectivity index (χ1v) is 8.34. The number of carbonyl (C=O) groups excluding carboxylic acids is 2. The van der Waals surface area contributed by atoms with Gasteiger partial charge in [0.15, 0.2) is 0 Å². The predicted molar refractivity (Wildman–Crippen MR) is 92.5 cm³/mol. The highest BCUT2D eigenvalue weighted by Gasteiger charge is 2.24. The molecular formula is C18H23N3O3. The van der Waals surface area contributed by atoms with Gasteiger partial charge in [-0.3, -0.25) is 9.59 Å². The van der Waals surface area contributed by atoms with Crippen molar-refractivity contribution in [2.24, 2.45) is 13.0 Å². The van der Waals surface area contributed by atoms with Crippen LogP contribution in [-0.4, -0.2) is 34.1 Å². The van der Waals surface area contributed by atoms with Crippen molar-refractivity contribution in [3.8, 4) is 0 Å². The van der Waals surface area contributed by atoms with Crippen molar-refractivity contribution >= 4 is 28.4 Å². The maximum absolute atomic E-state index is 12.1. The summed E-state index contributed by atoms with van der Waals surface area (Å²) in [5.41, 5.74) is 1.60. The van der Waals surface area contributed by atoms with E-state index in [0.29, 0.717) is 11.6 Å². The van der Waals surface area contributed by atoms with E-state index >= 15 is 0 Å². The number of hydrogen-bond acceptors (Lipinski definition) is 3. The van der Waals surface area contributed by atoms with Crippen molar-refractivity contribution in [2.45, 2.75) is 31.7 Å². The summed E-state index contributed by atoms with van der Waals surface area (Å²) >= 11 is 0. The highest BCUT2D eigenvalue weighted by Crippen LogP contribution is 2.24. The molecule has 0 spiro atoms. The Kier molecular flexibility index (Phi) is 4.85. The molecular weight excluding hydrogens is 306 g/mol. The Morgan fingerprint density at radius 1 is 1.17 bits per heavy atom. The second-order valence-electron chi connectivity index (χ2n) is 6.53. The molecule has 0 unspecified atom stereocenters. The number of nitrogens with one attached hydrogen (secondary N) is 2. The summed E-state index contributed by atoms with van der Waals surface area (Å²) in [7, 11) is 1.93. The lowest BCUT2D eigenvalue weighted by Gasteiger charge is -2.27. The standard InChI is InChI=1S/C18H23N3O3/c1-21-9-8-13-4-7-15(10-16(13)21)20-18(24)17(23)19-14-5-2-12(11-22)3-6-14/h4,7-10,12,14,22H,2-3,5-6,11H2,1H3,(H,19,23)(H,20,24). The van der Waals surface area contributed by atoms with Gasteiger partial charge >= 0.3 is 11.8 Å². The molecule has 128 valence electrons. The summed E-state index contributed by atoms with van der Waals surface area (Å²) in [6, 6.07) is 7.57. The summed E-state index contributed by atoms with van der Waals surface area (Å²) in [5.74, 6) is -0.925. The molecule has 24 heavy (non-hydrogen) atoms. The van der Waals surface area contributed by atoms with E-state index in [0.717, 1.165) is 36.6 Å². The van der Waals surface area contributed by atoms with E-state index in [1.807, 2.05) is 36.0 Å². The third-order valence-corrected chi connectivity index (χ3v) is 4.79. The van der Waals surface area contributed by atoms with E-state index in [1.54, 1.807) is 6.07 Å². The van der Waals surface area contributed by atoms with Crippen LogP contribution in [0.5, 0.6) is 0 Å². The fraction of sp³-hybridized carbons (Fsp3) is 0.444. The predicted octanol–water partition coefficient (Wildman–Crippen LogP) is 1.78. The number of aliphatic hydroxyl groups excluding tert-OH is 1. The summed E-state index contributed by atoms with van der Waals surface area (Å²) in [5, 5.41) is 15.7. The number of anilines is 1. The van der Waals surface area contributed by atoms with E-state index in [1.165, 1.54) is 0 Å². The van der Waals surface area contributed by atoms with Crippen molar-refractivity contribution in [3.63, 3.8) is 0 Å². The van der Waals surface area contributed by atoms with Gasteiger partial charge in [-0.05, 0) is 55.2 Å². The van der Waals surface area contributed by atoms with Crippen molar-refractivity contribution in [1.82, 2.24) is 9.88 Å². The minimum atomic E-state index is -0.646. The zero-order chi connectivity index (χ0) is 17.1. The number of fused-ring (bicyclic) bond motifs is 1. The first kappa shape index (κ1) is 16.5. The molecule has 1 aromatic carbocycles. The lowest BCUT2D eigenvalue weighted by atomic mass is 9.86. The van der Waals surface area contributed by atoms with Gasteiger partial charge in [0.25, 0.3) is 0 Å². The van der Waals surface area contributed by atoms with Gasteiger partial charge in [-0.25, -0.2) is 0 Å². The molecule has 0 aliphatic heterocycles. The number of rotatable bonds is 3. The van der Waals surface area contributed by atoms with Gasteiger partial charge in [0.05, 0.1) is 0 Å². The van der Waals surface area contributed by atoms with E-state index in [4.69, 9.17) is 5.11 Å². The maximum Gasteiger partial charge on any atom is 0.313 e. The van der Waals surface area contributed by atoms with Crippen LogP contribution in [0.1, 0.15) is 25.7 Å². The number of benzene rings is 1. The van der Waals surface area contributed by atoms with Gasteiger partial charge in [-0.15, -0.1) is 0 Å². The molecule has 6 heteroatoms. The van der Waals surface area contributed by atoms with Crippen LogP contribution in [0, 0.1) is 5.92 Å². The Balaban J connectivity index is 1.57. The lowest BCUT2D eigenvalue weighted by molar-refractivity contribution is -0.136. The number of aromatic nitrogens is 1. The average Bonchev–Trinajstić information content (AvgIpc) is 2.96. The molecule has 6 nitrogen and oxygen atoms in total. The van der Waals surface area contributed by atoms with Crippen LogP contribution in [0.4, 0.5) is 5.69 Å². The van der Waals surface area contributed by atoms with Crippen molar-refractivity contribution in [1.29, 1.82) is 0 Å². The topological polar surface area (TPSA) is 83.4 Å². The molecule has 1 aromatic heterocycles. The first-order chi connectivity index (χ1) is 11.6. The molecule has 1 heterocycles. The lowest BCUT2D eigenvalue weighted by Crippen LogP contribution is -2.43. The number of carbonyl (C=O) groups is 2. The quantitative estimate of drug-likeness (QED) is 0.751. The Morgan fingerprint density at radius 3 is 2.62 bits per heavy atom. The molecule has 1 saturated carbocycles. The Hall–Kier alpha value is -2.34. The Labute approximate surface area is 140 Å². The minimum Gasteiger partial charge on any atom is -0.396 e. The summed E-state index contributed by atoms with van der Waals surface area (Å²) < 4.78 is 1.96. The molecule has 1 aliphatic rings. The number of nitrogens with zero attached hydrogens (tertiary/aromatic N) is 1. The third-order valence-electron chi connectivity index (χ3n) is 4.79. The van der Waals surface area contributed by atoms with E-state index < -0.39 is 11.8 Å². The van der Waals surface area contributed by atoms with Gasteiger partial charge in [0.2, 0.25) is 0 Å². The van der Waals surface area contributed by atoms with Gasteiger partial charge < -0.3 is 20.3 Å². The van der Waals surface area contributed by atoms with Crippen LogP contribution >= 0.6 is 0 Å². The van der Waals surface area contributed by atoms with Crippen LogP contribution in [0.25, 0.3) is 10.9 Å². The second kappa shape index (κ2) is 7.05. The van der Waals surface area contributed by atoms with Crippen molar-refractivity contribution in [2.75, 3.05) is 11.9 Å². The largest absolute Gasteiger partial charge is 0.396 e. The normalized spacial score (nSPS) is 20.8. The molecule has 1 fully saturated rings. The fourth-order valence-corrected chi connectivity index (χ4v) is 3.27. The molecule has 2 amide bonds. The third kappa shape index (κ3) is 3.59. The fourth-order valence-electron chi connectivity index (χ4n) is 3.27. The van der Waals surface area contributed by atoms with Crippen molar-refractivity contribution < 1.29 is 14.7 Å². The van der Waals surface area contributed by atoms with E-state index in [9.17, 15) is 9.59 Å². The molecule has 0 bridgehead atoms. The van der Waals surface area contributed by atoms with Crippen LogP contribution in [-0.2, 0) is 16.6 Å². The molecule has 0 saturated heterocycles. The molecule has 0 radical (unpaired) electrons. The van der Waals surface area contributed by atoms with E-state index in [-0.39, 0.29) is 12.6 Å². The zero-order valence-corrected chi connectivity index (χ0v) is 13.8. The summed E-state index contributed by atoms with van der Waals surface area (Å²) in [6.45, 7) is 0.197. The SMILES string of the molecule is Cn1ccc2ccc(NC(=O)C(=O)NC3CCC(CO)CC3)cc21. The average molecular weight is 329 g/mol. The molecule has 3 rings (SSSR count). The van der Waals surface area contributed by atoms with Gasteiger partial charge in [0.1, 0.15) is 0 Å². The minimum absolute atomic E-state index is 0.0152. The zero-order valence-electron chi connectivity index (χ0n) is 13.8.